The van der Waals surface area contributed by atoms with Crippen molar-refractivity contribution in [2.75, 3.05) is 32.8 Å². The van der Waals surface area contributed by atoms with E-state index in [1.807, 2.05) is 0 Å². The third-order valence-corrected chi connectivity index (χ3v) is 8.55. The molecule has 0 heterocycles. The molecule has 0 bridgehead atoms. The molecule has 0 rings (SSSR count). The average molecular weight is 562 g/mol. The standard InChI is InChI=1S/C32H68NO4P/c1-4-7-10-13-16-18-21-24-28-33(29-25-22-19-17-14-11-8-5-2)30-27-32-37-38(34,35)36-31-26-23-20-15-12-9-6-3/h4-32H2,1-3H3,(H,34,35). The first-order valence-corrected chi connectivity index (χ1v) is 18.4. The maximum atomic E-state index is 12.2. The number of unbranched alkanes of at least 4 members (excludes halogenated alkanes) is 20. The SMILES string of the molecule is CCCCCCCCCCN(CCCCCCCCCC)CCCOP(=O)(O)OCCCCCCCCC. The van der Waals surface area contributed by atoms with Crippen LogP contribution in [-0.2, 0) is 13.6 Å². The molecule has 1 unspecified atom stereocenters. The number of nitrogens with zero attached hydrogens (tertiary/aromatic N) is 1. The van der Waals surface area contributed by atoms with Gasteiger partial charge in [0.15, 0.2) is 0 Å². The van der Waals surface area contributed by atoms with E-state index in [2.05, 4.69) is 25.7 Å². The number of hydrogen-bond donors (Lipinski definition) is 1. The average Bonchev–Trinajstić information content (AvgIpc) is 2.90. The van der Waals surface area contributed by atoms with Gasteiger partial charge in [-0.3, -0.25) is 9.05 Å². The zero-order chi connectivity index (χ0) is 28.0. The van der Waals surface area contributed by atoms with Crippen molar-refractivity contribution in [1.82, 2.24) is 4.90 Å². The lowest BCUT2D eigenvalue weighted by atomic mass is 10.1. The first kappa shape index (κ1) is 38.1. The maximum absolute atomic E-state index is 12.2. The normalized spacial score (nSPS) is 13.4. The molecule has 0 aromatic rings. The van der Waals surface area contributed by atoms with Crippen molar-refractivity contribution in [2.24, 2.45) is 0 Å². The van der Waals surface area contributed by atoms with Crippen LogP contribution in [0.3, 0.4) is 0 Å². The highest BCUT2D eigenvalue weighted by atomic mass is 31.2. The van der Waals surface area contributed by atoms with Crippen LogP contribution >= 0.6 is 7.82 Å². The highest BCUT2D eigenvalue weighted by Gasteiger charge is 2.20. The second kappa shape index (κ2) is 30.0. The monoisotopic (exact) mass is 561 g/mol. The molecule has 230 valence electrons. The topological polar surface area (TPSA) is 59.0 Å². The van der Waals surface area contributed by atoms with Gasteiger partial charge in [0, 0.05) is 6.54 Å². The number of phosphoric ester groups is 1. The molecule has 0 saturated heterocycles. The summed E-state index contributed by atoms with van der Waals surface area (Å²) in [6.07, 6.45) is 30.4. The fraction of sp³-hybridized carbons (Fsp3) is 1.00. The van der Waals surface area contributed by atoms with Crippen LogP contribution in [-0.4, -0.2) is 42.6 Å². The Kier molecular flexibility index (Phi) is 30.1. The van der Waals surface area contributed by atoms with E-state index in [1.54, 1.807) is 0 Å². The van der Waals surface area contributed by atoms with Gasteiger partial charge in [-0.05, 0) is 38.8 Å². The zero-order valence-electron chi connectivity index (χ0n) is 26.1. The van der Waals surface area contributed by atoms with E-state index in [9.17, 15) is 9.46 Å². The Morgan fingerprint density at radius 1 is 0.447 bits per heavy atom. The molecule has 0 aromatic carbocycles. The largest absolute Gasteiger partial charge is 0.472 e. The summed E-state index contributed by atoms with van der Waals surface area (Å²) >= 11 is 0. The molecular weight excluding hydrogens is 493 g/mol. The van der Waals surface area contributed by atoms with Crippen LogP contribution in [0.25, 0.3) is 0 Å². The van der Waals surface area contributed by atoms with Gasteiger partial charge in [-0.2, -0.15) is 0 Å². The lowest BCUT2D eigenvalue weighted by Gasteiger charge is -2.22. The van der Waals surface area contributed by atoms with Crippen molar-refractivity contribution >= 4 is 7.82 Å². The summed E-state index contributed by atoms with van der Waals surface area (Å²) in [5.74, 6) is 0. The summed E-state index contributed by atoms with van der Waals surface area (Å²) in [5, 5.41) is 0. The first-order chi connectivity index (χ1) is 18.6. The van der Waals surface area contributed by atoms with Gasteiger partial charge in [0.05, 0.1) is 13.2 Å². The molecule has 0 amide bonds. The summed E-state index contributed by atoms with van der Waals surface area (Å²) in [7, 11) is -3.92. The minimum absolute atomic E-state index is 0.288. The number of rotatable bonds is 32. The van der Waals surface area contributed by atoms with Crippen LogP contribution in [0.1, 0.15) is 175 Å². The Bertz CT molecular complexity index is 486. The van der Waals surface area contributed by atoms with Crippen LogP contribution in [0, 0.1) is 0 Å². The molecule has 6 heteroatoms. The quantitative estimate of drug-likeness (QED) is 0.0654. The summed E-state index contributed by atoms with van der Waals surface area (Å²) < 4.78 is 22.7. The highest BCUT2D eigenvalue weighted by molar-refractivity contribution is 7.47. The van der Waals surface area contributed by atoms with E-state index >= 15 is 0 Å². The van der Waals surface area contributed by atoms with Crippen molar-refractivity contribution in [3.63, 3.8) is 0 Å². The summed E-state index contributed by atoms with van der Waals surface area (Å²) in [6, 6.07) is 0. The Morgan fingerprint density at radius 2 is 0.737 bits per heavy atom. The van der Waals surface area contributed by atoms with Gasteiger partial charge in [-0.1, -0.05) is 149 Å². The summed E-state index contributed by atoms with van der Waals surface area (Å²) in [4.78, 5) is 12.6. The predicted octanol–water partition coefficient (Wildman–Crippen LogP) is 10.8. The minimum atomic E-state index is -3.92. The fourth-order valence-corrected chi connectivity index (χ4v) is 5.81. The molecule has 1 atom stereocenters. The molecule has 0 aliphatic heterocycles. The van der Waals surface area contributed by atoms with Crippen LogP contribution in [0.4, 0.5) is 0 Å². The van der Waals surface area contributed by atoms with Crippen LogP contribution in [0.15, 0.2) is 0 Å². The smallest absolute Gasteiger partial charge is 0.303 e. The lowest BCUT2D eigenvalue weighted by Crippen LogP contribution is -2.28. The van der Waals surface area contributed by atoms with E-state index in [0.717, 1.165) is 38.9 Å². The molecule has 0 aromatic heterocycles. The van der Waals surface area contributed by atoms with Crippen molar-refractivity contribution in [2.45, 2.75) is 175 Å². The minimum Gasteiger partial charge on any atom is -0.303 e. The van der Waals surface area contributed by atoms with Gasteiger partial charge >= 0.3 is 7.82 Å². The Morgan fingerprint density at radius 3 is 1.13 bits per heavy atom. The maximum Gasteiger partial charge on any atom is 0.472 e. The highest BCUT2D eigenvalue weighted by Crippen LogP contribution is 2.43. The van der Waals surface area contributed by atoms with E-state index in [0.29, 0.717) is 6.61 Å². The van der Waals surface area contributed by atoms with Crippen LogP contribution in [0.2, 0.25) is 0 Å². The molecule has 1 N–H and O–H groups in total. The molecule has 0 fully saturated rings. The van der Waals surface area contributed by atoms with Gasteiger partial charge in [0.25, 0.3) is 0 Å². The Hall–Kier alpha value is 0.0700. The second-order valence-electron chi connectivity index (χ2n) is 11.4. The van der Waals surface area contributed by atoms with E-state index in [-0.39, 0.29) is 6.61 Å². The number of phosphoric acid groups is 1. The van der Waals surface area contributed by atoms with E-state index in [1.165, 1.54) is 135 Å². The third-order valence-electron chi connectivity index (χ3n) is 7.53. The third kappa shape index (κ3) is 29.1. The molecule has 0 radical (unpaired) electrons. The second-order valence-corrected chi connectivity index (χ2v) is 12.9. The molecule has 0 spiro atoms. The molecule has 0 saturated carbocycles. The zero-order valence-corrected chi connectivity index (χ0v) is 27.0. The Labute approximate surface area is 238 Å². The van der Waals surface area contributed by atoms with Crippen molar-refractivity contribution < 1.29 is 18.5 Å². The Balaban J connectivity index is 4.09. The van der Waals surface area contributed by atoms with Crippen molar-refractivity contribution in [3.8, 4) is 0 Å². The van der Waals surface area contributed by atoms with Crippen LogP contribution < -0.4 is 0 Å². The van der Waals surface area contributed by atoms with E-state index < -0.39 is 7.82 Å². The van der Waals surface area contributed by atoms with Crippen LogP contribution in [0.5, 0.6) is 0 Å². The van der Waals surface area contributed by atoms with Gasteiger partial charge < -0.3 is 9.79 Å². The van der Waals surface area contributed by atoms with Gasteiger partial charge in [-0.25, -0.2) is 4.57 Å². The summed E-state index contributed by atoms with van der Waals surface area (Å²) in [5.41, 5.74) is 0. The van der Waals surface area contributed by atoms with Gasteiger partial charge in [-0.15, -0.1) is 0 Å². The summed E-state index contributed by atoms with van der Waals surface area (Å²) in [6.45, 7) is 10.6. The fourth-order valence-electron chi connectivity index (χ4n) is 5.02. The number of hydrogen-bond acceptors (Lipinski definition) is 4. The van der Waals surface area contributed by atoms with Gasteiger partial charge in [0.2, 0.25) is 0 Å². The lowest BCUT2D eigenvalue weighted by molar-refractivity contribution is 0.139. The molecule has 5 nitrogen and oxygen atoms in total. The first-order valence-electron chi connectivity index (χ1n) is 16.9. The van der Waals surface area contributed by atoms with Crippen molar-refractivity contribution in [1.29, 1.82) is 0 Å². The van der Waals surface area contributed by atoms with Gasteiger partial charge in [0.1, 0.15) is 0 Å². The van der Waals surface area contributed by atoms with E-state index in [4.69, 9.17) is 9.05 Å². The molecule has 0 aliphatic carbocycles. The van der Waals surface area contributed by atoms with Crippen molar-refractivity contribution in [3.05, 3.63) is 0 Å². The predicted molar refractivity (Wildman–Crippen MR) is 166 cm³/mol. The molecule has 0 aliphatic rings. The molecule has 38 heavy (non-hydrogen) atoms. The molecular formula is C32H68NO4P.